The normalized spacial score (nSPS) is 39.0. The molecule has 4 rings (SSSR count). The molecule has 28 heavy (non-hydrogen) atoms. The largest absolute Gasteiger partial charge is 0.508 e. The van der Waals surface area contributed by atoms with Gasteiger partial charge in [0.05, 0.1) is 11.9 Å². The Morgan fingerprint density at radius 2 is 1.79 bits per heavy atom. The van der Waals surface area contributed by atoms with E-state index in [0.717, 1.165) is 49.5 Å². The van der Waals surface area contributed by atoms with Gasteiger partial charge in [-0.1, -0.05) is 27.7 Å². The van der Waals surface area contributed by atoms with E-state index >= 15 is 0 Å². The molecule has 5 unspecified atom stereocenters. The van der Waals surface area contributed by atoms with Gasteiger partial charge in [-0.15, -0.1) is 0 Å². The van der Waals surface area contributed by atoms with Crippen LogP contribution >= 0.6 is 0 Å². The Morgan fingerprint density at radius 1 is 1.11 bits per heavy atom. The number of aromatic hydroxyl groups is 1. The molecule has 6 heteroatoms. The monoisotopic (exact) mass is 406 g/mol. The quantitative estimate of drug-likeness (QED) is 0.697. The Hall–Kier alpha value is -1.27. The topological polar surface area (TPSA) is 92.4 Å². The molecule has 3 aliphatic rings. The summed E-state index contributed by atoms with van der Waals surface area (Å²) in [6.07, 6.45) is 6.33. The van der Waals surface area contributed by atoms with Crippen LogP contribution in [0.4, 0.5) is 5.69 Å². The Labute approximate surface area is 169 Å². The van der Waals surface area contributed by atoms with E-state index in [9.17, 15) is 13.5 Å². The number of benzene rings is 1. The lowest BCUT2D eigenvalue weighted by Crippen LogP contribution is -2.60. The van der Waals surface area contributed by atoms with Gasteiger partial charge in [-0.05, 0) is 66.4 Å². The fraction of sp³-hybridized carbons (Fsp3) is 0.727. The van der Waals surface area contributed by atoms with E-state index in [1.54, 1.807) is 6.07 Å². The number of nitrogens with one attached hydrogen (secondary N) is 1. The highest BCUT2D eigenvalue weighted by molar-refractivity contribution is 7.92. The minimum atomic E-state index is -3.38. The zero-order valence-corrected chi connectivity index (χ0v) is 18.5. The molecule has 0 saturated heterocycles. The summed E-state index contributed by atoms with van der Waals surface area (Å²) in [7, 11) is -3.38. The van der Waals surface area contributed by atoms with Crippen LogP contribution in [0.5, 0.6) is 5.75 Å². The molecule has 3 aliphatic carbocycles. The smallest absolute Gasteiger partial charge is 0.229 e. The lowest BCUT2D eigenvalue weighted by Gasteiger charge is -2.62. The van der Waals surface area contributed by atoms with Gasteiger partial charge in [0.15, 0.2) is 0 Å². The molecule has 5 atom stereocenters. The molecule has 0 radical (unpaired) electrons. The molecule has 2 fully saturated rings. The van der Waals surface area contributed by atoms with Crippen LogP contribution < -0.4 is 10.5 Å². The molecule has 2 saturated carbocycles. The van der Waals surface area contributed by atoms with Crippen LogP contribution in [0.3, 0.4) is 0 Å². The number of sulfonamides is 1. The summed E-state index contributed by atoms with van der Waals surface area (Å²) in [5, 5.41) is 10.9. The van der Waals surface area contributed by atoms with Gasteiger partial charge in [0, 0.05) is 23.1 Å². The predicted octanol–water partition coefficient (Wildman–Crippen LogP) is 3.76. The predicted molar refractivity (Wildman–Crippen MR) is 113 cm³/mol. The first-order valence-corrected chi connectivity index (χ1v) is 12.3. The van der Waals surface area contributed by atoms with Crippen molar-refractivity contribution < 1.29 is 13.5 Å². The summed E-state index contributed by atoms with van der Waals surface area (Å²) in [6, 6.07) is 3.73. The number of phenols is 1. The average molecular weight is 407 g/mol. The summed E-state index contributed by atoms with van der Waals surface area (Å²) in [6.45, 7) is 9.40. The maximum atomic E-state index is 11.7. The second-order valence-electron chi connectivity index (χ2n) is 10.6. The third-order valence-electron chi connectivity index (χ3n) is 8.66. The van der Waals surface area contributed by atoms with Crippen molar-refractivity contribution in [3.63, 3.8) is 0 Å². The third kappa shape index (κ3) is 2.71. The van der Waals surface area contributed by atoms with Gasteiger partial charge in [-0.25, -0.2) is 8.42 Å². The van der Waals surface area contributed by atoms with E-state index < -0.39 is 10.0 Å². The fourth-order valence-electron chi connectivity index (χ4n) is 7.34. The van der Waals surface area contributed by atoms with Gasteiger partial charge in [-0.3, -0.25) is 4.72 Å². The number of fused-ring (bicyclic) bond motifs is 5. The Morgan fingerprint density at radius 3 is 2.43 bits per heavy atom. The van der Waals surface area contributed by atoms with Crippen molar-refractivity contribution in [2.45, 2.75) is 71.3 Å². The summed E-state index contributed by atoms with van der Waals surface area (Å²) < 4.78 is 25.9. The molecular weight excluding hydrogens is 372 g/mol. The second-order valence-corrected chi connectivity index (χ2v) is 12.4. The maximum absolute atomic E-state index is 11.7. The lowest BCUT2D eigenvalue weighted by atomic mass is 9.43. The van der Waals surface area contributed by atoms with Crippen LogP contribution in [0, 0.1) is 22.7 Å². The number of anilines is 1. The zero-order chi connectivity index (χ0) is 20.7. The number of rotatable bonds is 2. The first kappa shape index (κ1) is 20.0. The molecule has 156 valence electrons. The molecule has 5 nitrogen and oxygen atoms in total. The molecule has 0 aliphatic heterocycles. The molecule has 0 amide bonds. The van der Waals surface area contributed by atoms with Crippen molar-refractivity contribution in [1.82, 2.24) is 0 Å². The van der Waals surface area contributed by atoms with E-state index in [1.165, 1.54) is 0 Å². The third-order valence-corrected chi connectivity index (χ3v) is 9.27. The van der Waals surface area contributed by atoms with Crippen molar-refractivity contribution in [2.75, 3.05) is 11.0 Å². The SMILES string of the molecule is CC12CCC3C(C)(C)C(N)CCC3(C)C1Cc1cc(NS(C)(=O)=O)cc(O)c12. The van der Waals surface area contributed by atoms with E-state index in [0.29, 0.717) is 17.5 Å². The highest BCUT2D eigenvalue weighted by Gasteiger charge is 2.62. The van der Waals surface area contributed by atoms with Crippen LogP contribution in [0.2, 0.25) is 0 Å². The Bertz CT molecular complexity index is 926. The first-order valence-electron chi connectivity index (χ1n) is 10.4. The van der Waals surface area contributed by atoms with Gasteiger partial charge in [0.1, 0.15) is 5.75 Å². The minimum absolute atomic E-state index is 0.0776. The van der Waals surface area contributed by atoms with Crippen LogP contribution in [0.1, 0.15) is 64.5 Å². The van der Waals surface area contributed by atoms with Gasteiger partial charge in [0.2, 0.25) is 10.0 Å². The molecular formula is C22H34N2O3S. The Balaban J connectivity index is 1.78. The molecule has 4 N–H and O–H groups in total. The van der Waals surface area contributed by atoms with Crippen LogP contribution in [0.15, 0.2) is 12.1 Å². The van der Waals surface area contributed by atoms with Crippen molar-refractivity contribution >= 4 is 15.7 Å². The van der Waals surface area contributed by atoms with E-state index in [1.807, 2.05) is 6.07 Å². The van der Waals surface area contributed by atoms with Crippen molar-refractivity contribution in [1.29, 1.82) is 0 Å². The zero-order valence-electron chi connectivity index (χ0n) is 17.7. The molecule has 0 aromatic heterocycles. The highest BCUT2D eigenvalue weighted by Crippen LogP contribution is 2.68. The summed E-state index contributed by atoms with van der Waals surface area (Å²) in [5.74, 6) is 1.22. The van der Waals surface area contributed by atoms with Crippen LogP contribution in [0.25, 0.3) is 0 Å². The van der Waals surface area contributed by atoms with E-state index in [4.69, 9.17) is 5.73 Å². The number of nitrogens with two attached hydrogens (primary N) is 1. The van der Waals surface area contributed by atoms with Gasteiger partial charge in [-0.2, -0.15) is 0 Å². The van der Waals surface area contributed by atoms with Crippen molar-refractivity contribution in [3.8, 4) is 5.75 Å². The van der Waals surface area contributed by atoms with Crippen LogP contribution in [-0.4, -0.2) is 25.8 Å². The second kappa shape index (κ2) is 5.88. The standard InChI is InChI=1S/C22H34N2O3S/c1-20(2)16-6-8-22(4)17(21(16,3)9-7-18(20)23)11-13-10-14(24-28(5,26)27)12-15(25)19(13)22/h10,12,16-18,24-25H,6-9,11,23H2,1-5H3. The molecule has 0 bridgehead atoms. The fourth-order valence-corrected chi connectivity index (χ4v) is 7.89. The molecule has 0 heterocycles. The average Bonchev–Trinajstić information content (AvgIpc) is 2.84. The molecule has 1 aromatic rings. The first-order chi connectivity index (χ1) is 12.8. The molecule has 0 spiro atoms. The number of hydrogen-bond donors (Lipinski definition) is 3. The summed E-state index contributed by atoms with van der Waals surface area (Å²) >= 11 is 0. The lowest BCUT2D eigenvalue weighted by molar-refractivity contribution is -0.107. The van der Waals surface area contributed by atoms with Crippen LogP contribution in [-0.2, 0) is 21.9 Å². The van der Waals surface area contributed by atoms with Gasteiger partial charge < -0.3 is 10.8 Å². The van der Waals surface area contributed by atoms with Gasteiger partial charge in [0.25, 0.3) is 0 Å². The minimum Gasteiger partial charge on any atom is -0.508 e. The molecule has 1 aromatic carbocycles. The maximum Gasteiger partial charge on any atom is 0.229 e. The van der Waals surface area contributed by atoms with Crippen molar-refractivity contribution in [2.24, 2.45) is 28.4 Å². The van der Waals surface area contributed by atoms with Crippen molar-refractivity contribution in [3.05, 3.63) is 23.3 Å². The number of phenolic OH excluding ortho intramolecular Hbond substituents is 1. The summed E-state index contributed by atoms with van der Waals surface area (Å²) in [4.78, 5) is 0. The van der Waals surface area contributed by atoms with Gasteiger partial charge >= 0.3 is 0 Å². The highest BCUT2D eigenvalue weighted by atomic mass is 32.2. The number of hydrogen-bond acceptors (Lipinski definition) is 4. The Kier molecular flexibility index (Phi) is 4.20. The summed E-state index contributed by atoms with van der Waals surface area (Å²) in [5.41, 5.74) is 9.30. The van der Waals surface area contributed by atoms with E-state index in [2.05, 4.69) is 32.4 Å². The van der Waals surface area contributed by atoms with E-state index in [-0.39, 0.29) is 28.0 Å².